The van der Waals surface area contributed by atoms with Gasteiger partial charge in [0.1, 0.15) is 11.5 Å². The number of amides is 5. The number of carbonyl (C=O) groups excluding carboxylic acids is 5. The summed E-state index contributed by atoms with van der Waals surface area (Å²) in [6.45, 7) is 10.7. The van der Waals surface area contributed by atoms with Crippen molar-refractivity contribution in [2.24, 2.45) is 23.2 Å². The Bertz CT molecular complexity index is 1110. The van der Waals surface area contributed by atoms with Gasteiger partial charge in [0.25, 0.3) is 0 Å². The van der Waals surface area contributed by atoms with E-state index in [0.717, 1.165) is 25.7 Å². The molecule has 1 heterocycles. The lowest BCUT2D eigenvalue weighted by Gasteiger charge is -2.39. The number of carbonyl (C=O) groups is 5. The van der Waals surface area contributed by atoms with Crippen LogP contribution in [-0.2, 0) is 30.4 Å². The fourth-order valence-corrected chi connectivity index (χ4v) is 5.42. The predicted octanol–water partition coefficient (Wildman–Crippen LogP) is 4.94. The lowest BCUT2D eigenvalue weighted by Crippen LogP contribution is -2.58. The van der Waals surface area contributed by atoms with E-state index in [2.05, 4.69) is 29.8 Å². The van der Waals surface area contributed by atoms with Crippen LogP contribution in [0, 0.1) is 23.2 Å². The quantitative estimate of drug-likeness (QED) is 0.155. The standard InChI is InChI=1S/C32H48N4O5.3H2/c1-6-22(4)19-24-11-13-25(14-12-24)35-28(38)23(5)34-31(41)32(15-10-16-32)30(40)33-17-8-7-9-18-36-27(37)20-26(21(2)3)29(36)39;;;/h11-14,21-23,26H,6-10,15-20H2,1-5H3,(H,33,40)(H,34,41)(H,35,38);3*1H/t22?,23-,26?;;;/m0.../s1. The van der Waals surface area contributed by atoms with Gasteiger partial charge in [0.05, 0.1) is 0 Å². The summed E-state index contributed by atoms with van der Waals surface area (Å²) in [6.07, 6.45) is 6.18. The fraction of sp³-hybridized carbons (Fsp3) is 0.656. The summed E-state index contributed by atoms with van der Waals surface area (Å²) in [6, 6.07) is 6.96. The summed E-state index contributed by atoms with van der Waals surface area (Å²) in [7, 11) is 0. The van der Waals surface area contributed by atoms with Gasteiger partial charge in [-0.1, -0.05) is 52.7 Å². The molecule has 1 saturated carbocycles. The number of unbranched alkanes of at least 4 members (excludes halogenated alkanes) is 2. The molecule has 1 saturated heterocycles. The first-order valence-electron chi connectivity index (χ1n) is 15.3. The lowest BCUT2D eigenvalue weighted by atomic mass is 9.67. The average molecular weight is 575 g/mol. The van der Waals surface area contributed by atoms with Gasteiger partial charge in [0.2, 0.25) is 29.5 Å². The Morgan fingerprint density at radius 1 is 1.00 bits per heavy atom. The Morgan fingerprint density at radius 3 is 2.24 bits per heavy atom. The van der Waals surface area contributed by atoms with Crippen LogP contribution >= 0.6 is 0 Å². The van der Waals surface area contributed by atoms with E-state index in [1.165, 1.54) is 10.5 Å². The van der Waals surface area contributed by atoms with Crippen molar-refractivity contribution in [3.05, 3.63) is 29.8 Å². The molecule has 0 spiro atoms. The molecule has 0 bridgehead atoms. The molecule has 9 heteroatoms. The molecule has 41 heavy (non-hydrogen) atoms. The van der Waals surface area contributed by atoms with Crippen LogP contribution in [0.1, 0.15) is 95.8 Å². The van der Waals surface area contributed by atoms with Crippen molar-refractivity contribution in [1.29, 1.82) is 0 Å². The molecule has 1 aliphatic heterocycles. The molecule has 2 aliphatic rings. The highest BCUT2D eigenvalue weighted by Gasteiger charge is 2.51. The number of rotatable bonds is 15. The summed E-state index contributed by atoms with van der Waals surface area (Å²) in [5.41, 5.74) is 0.735. The van der Waals surface area contributed by atoms with Crippen LogP contribution in [-0.4, -0.2) is 53.6 Å². The third kappa shape index (κ3) is 8.17. The molecule has 3 N–H and O–H groups in total. The van der Waals surface area contributed by atoms with E-state index in [4.69, 9.17) is 0 Å². The van der Waals surface area contributed by atoms with Gasteiger partial charge >= 0.3 is 0 Å². The fourth-order valence-electron chi connectivity index (χ4n) is 5.42. The second-order valence-electron chi connectivity index (χ2n) is 12.3. The van der Waals surface area contributed by atoms with Crippen molar-refractivity contribution in [2.75, 3.05) is 18.4 Å². The minimum atomic E-state index is -1.15. The minimum absolute atomic E-state index is 0. The van der Waals surface area contributed by atoms with Crippen molar-refractivity contribution in [2.45, 2.75) is 98.4 Å². The van der Waals surface area contributed by atoms with Gasteiger partial charge in [-0.25, -0.2) is 0 Å². The van der Waals surface area contributed by atoms with Crippen LogP contribution in [0.15, 0.2) is 24.3 Å². The number of benzene rings is 1. The van der Waals surface area contributed by atoms with Crippen LogP contribution < -0.4 is 16.0 Å². The van der Waals surface area contributed by atoms with Gasteiger partial charge in [-0.15, -0.1) is 0 Å². The summed E-state index contributed by atoms with van der Waals surface area (Å²) >= 11 is 0. The van der Waals surface area contributed by atoms with E-state index >= 15 is 0 Å². The Hall–Kier alpha value is -3.23. The van der Waals surface area contributed by atoms with Crippen molar-refractivity contribution in [1.82, 2.24) is 15.5 Å². The molecule has 2 unspecified atom stereocenters. The highest BCUT2D eigenvalue weighted by molar-refractivity contribution is 6.07. The maximum atomic E-state index is 13.1. The highest BCUT2D eigenvalue weighted by atomic mass is 16.2. The maximum Gasteiger partial charge on any atom is 0.246 e. The van der Waals surface area contributed by atoms with Gasteiger partial charge in [-0.3, -0.25) is 28.9 Å². The van der Waals surface area contributed by atoms with Crippen LogP contribution in [0.25, 0.3) is 0 Å². The van der Waals surface area contributed by atoms with Crippen LogP contribution in [0.4, 0.5) is 5.69 Å². The Labute approximate surface area is 249 Å². The Kier molecular flexibility index (Phi) is 11.5. The molecule has 1 aliphatic carbocycles. The minimum Gasteiger partial charge on any atom is -0.355 e. The number of hydrogen-bond acceptors (Lipinski definition) is 5. The average Bonchev–Trinajstić information content (AvgIpc) is 3.19. The molecule has 1 aromatic carbocycles. The summed E-state index contributed by atoms with van der Waals surface area (Å²) < 4.78 is 0. The van der Waals surface area contributed by atoms with Crippen LogP contribution in [0.2, 0.25) is 0 Å². The number of anilines is 1. The molecule has 1 aromatic rings. The summed E-state index contributed by atoms with van der Waals surface area (Å²) in [4.78, 5) is 64.9. The number of nitrogens with zero attached hydrogens (tertiary/aromatic N) is 1. The number of imide groups is 1. The predicted molar refractivity (Wildman–Crippen MR) is 165 cm³/mol. The molecule has 232 valence electrons. The summed E-state index contributed by atoms with van der Waals surface area (Å²) in [5.74, 6) is -0.709. The van der Waals surface area contributed by atoms with E-state index < -0.39 is 17.4 Å². The third-order valence-electron chi connectivity index (χ3n) is 8.75. The monoisotopic (exact) mass is 574 g/mol. The molecule has 3 atom stereocenters. The van der Waals surface area contributed by atoms with Gasteiger partial charge in [-0.05, 0) is 75.0 Å². The van der Waals surface area contributed by atoms with Gasteiger partial charge in [-0.2, -0.15) is 0 Å². The molecule has 0 aromatic heterocycles. The highest BCUT2D eigenvalue weighted by Crippen LogP contribution is 2.41. The first-order chi connectivity index (χ1) is 19.5. The molecular formula is C32H54N4O5. The molecule has 2 fully saturated rings. The van der Waals surface area contributed by atoms with E-state index in [1.54, 1.807) is 6.92 Å². The number of nitrogens with one attached hydrogen (secondary N) is 3. The normalized spacial score (nSPS) is 19.5. The Morgan fingerprint density at radius 2 is 1.68 bits per heavy atom. The molecule has 5 amide bonds. The van der Waals surface area contributed by atoms with E-state index in [9.17, 15) is 24.0 Å². The van der Waals surface area contributed by atoms with Crippen molar-refractivity contribution >= 4 is 35.2 Å². The van der Waals surface area contributed by atoms with Crippen molar-refractivity contribution < 1.29 is 28.3 Å². The van der Waals surface area contributed by atoms with E-state index in [-0.39, 0.29) is 39.7 Å². The molecule has 3 rings (SSSR count). The first-order valence-corrected chi connectivity index (χ1v) is 15.3. The van der Waals surface area contributed by atoms with Crippen LogP contribution in [0.3, 0.4) is 0 Å². The molecule has 0 radical (unpaired) electrons. The van der Waals surface area contributed by atoms with Gasteiger partial charge in [0, 0.05) is 35.4 Å². The maximum absolute atomic E-state index is 13.1. The second kappa shape index (κ2) is 14.6. The zero-order chi connectivity index (χ0) is 30.2. The number of likely N-dealkylation sites (tertiary alicyclic amines) is 1. The largest absolute Gasteiger partial charge is 0.355 e. The van der Waals surface area contributed by atoms with Gasteiger partial charge in [0.15, 0.2) is 0 Å². The third-order valence-corrected chi connectivity index (χ3v) is 8.75. The van der Waals surface area contributed by atoms with E-state index in [0.29, 0.717) is 56.8 Å². The molecule has 9 nitrogen and oxygen atoms in total. The SMILES string of the molecule is CCC(C)Cc1ccc(NC(=O)[C@H](C)NC(=O)C2(C(=O)NCCCCCN3C(=O)CC(C(C)C)C3=O)CCC2)cc1.[HH].[HH].[HH]. The van der Waals surface area contributed by atoms with Crippen LogP contribution in [0.5, 0.6) is 0 Å². The van der Waals surface area contributed by atoms with Crippen molar-refractivity contribution in [3.8, 4) is 0 Å². The lowest BCUT2D eigenvalue weighted by molar-refractivity contribution is -0.150. The smallest absolute Gasteiger partial charge is 0.246 e. The topological polar surface area (TPSA) is 125 Å². The molecular weight excluding hydrogens is 520 g/mol. The zero-order valence-corrected chi connectivity index (χ0v) is 25.4. The number of hydrogen-bond donors (Lipinski definition) is 3. The Balaban J connectivity index is 0.00000616. The van der Waals surface area contributed by atoms with Crippen molar-refractivity contribution in [3.63, 3.8) is 0 Å². The van der Waals surface area contributed by atoms with E-state index in [1.807, 2.05) is 38.1 Å². The van der Waals surface area contributed by atoms with Gasteiger partial charge < -0.3 is 16.0 Å². The second-order valence-corrected chi connectivity index (χ2v) is 12.3. The summed E-state index contributed by atoms with van der Waals surface area (Å²) in [5, 5.41) is 8.49. The zero-order valence-electron chi connectivity index (χ0n) is 25.4. The first kappa shape index (κ1) is 32.3.